The highest BCUT2D eigenvalue weighted by atomic mass is 19.1. The SMILES string of the molecule is [2H]C([2H])([2H])C[C@@H](C)C(=O)N[C@@H](CC)C(=O)N1C[C@@H](O)C[C@H]1Cc1c(-c2[nH]c3cc(F)ccc3c2CC2C[C@H](O)CN2C(=O)[C@H](CC)CC(=O)[C@H](C)NC([2H])([2H])[2H])[nH]c2cc(F)ccc12. The van der Waals surface area contributed by atoms with E-state index in [1.807, 2.05) is 0 Å². The van der Waals surface area contributed by atoms with Gasteiger partial charge in [-0.25, -0.2) is 8.78 Å². The van der Waals surface area contributed by atoms with E-state index in [0.29, 0.717) is 44.3 Å². The van der Waals surface area contributed by atoms with E-state index in [9.17, 15) is 38.2 Å². The number of likely N-dealkylation sites (tertiary alicyclic amines) is 2. The Kier molecular flexibility index (Phi) is 11.0. The maximum absolute atomic E-state index is 14.9. The van der Waals surface area contributed by atoms with E-state index >= 15 is 0 Å². The number of nitrogens with one attached hydrogen (secondary N) is 4. The Morgan fingerprint density at radius 3 is 1.84 bits per heavy atom. The van der Waals surface area contributed by atoms with E-state index in [4.69, 9.17) is 8.22 Å². The molecule has 1 unspecified atom stereocenters. The summed E-state index contributed by atoms with van der Waals surface area (Å²) in [6, 6.07) is 5.26. The largest absolute Gasteiger partial charge is 0.391 e. The number of rotatable bonds is 16. The van der Waals surface area contributed by atoms with Crippen molar-refractivity contribution in [1.82, 2.24) is 30.4 Å². The third kappa shape index (κ3) is 8.84. The second kappa shape index (κ2) is 18.1. The van der Waals surface area contributed by atoms with Gasteiger partial charge < -0.3 is 40.6 Å². The zero-order valence-electron chi connectivity index (χ0n) is 39.3. The molecule has 0 saturated carbocycles. The third-order valence-corrected chi connectivity index (χ3v) is 12.0. The molecule has 14 heteroatoms. The molecule has 2 saturated heterocycles. The molecular weight excluding hydrogens is 747 g/mol. The van der Waals surface area contributed by atoms with E-state index < -0.39 is 91.3 Å². The van der Waals surface area contributed by atoms with Crippen LogP contribution in [0.3, 0.4) is 0 Å². The number of Topliss-reactive ketones (excluding diaryl/α,β-unsaturated/α-hetero) is 1. The van der Waals surface area contributed by atoms with Gasteiger partial charge in [-0.3, -0.25) is 19.2 Å². The molecule has 4 heterocycles. The molecule has 4 aromatic rings. The van der Waals surface area contributed by atoms with Gasteiger partial charge in [-0.15, -0.1) is 0 Å². The molecule has 12 nitrogen and oxygen atoms in total. The summed E-state index contributed by atoms with van der Waals surface area (Å²) in [5.74, 6) is -4.56. The zero-order chi connectivity index (χ0) is 47.0. The zero-order valence-corrected chi connectivity index (χ0v) is 33.3. The van der Waals surface area contributed by atoms with E-state index in [2.05, 4.69) is 20.6 Å². The highest BCUT2D eigenvalue weighted by molar-refractivity contribution is 5.97. The van der Waals surface area contributed by atoms with Crippen molar-refractivity contribution >= 4 is 45.3 Å². The predicted molar refractivity (Wildman–Crippen MR) is 219 cm³/mol. The molecule has 8 atom stereocenters. The normalized spacial score (nSPS) is 23.7. The summed E-state index contributed by atoms with van der Waals surface area (Å²) in [6.07, 6.45) is -1.23. The molecule has 58 heavy (non-hydrogen) atoms. The average Bonchev–Trinajstić information content (AvgIpc) is 3.96. The fourth-order valence-electron chi connectivity index (χ4n) is 8.57. The number of amides is 3. The van der Waals surface area contributed by atoms with Crippen LogP contribution in [0.4, 0.5) is 8.78 Å². The molecule has 0 bridgehead atoms. The number of fused-ring (bicyclic) bond motifs is 2. The van der Waals surface area contributed by atoms with E-state index in [0.717, 1.165) is 0 Å². The molecular formula is C44H58F2N6O6. The van der Waals surface area contributed by atoms with Gasteiger partial charge in [-0.1, -0.05) is 27.6 Å². The number of hydrogen-bond acceptors (Lipinski definition) is 7. The number of halogens is 2. The Bertz CT molecular complexity index is 2210. The molecule has 0 aliphatic carbocycles. The number of aromatic nitrogens is 2. The standard InChI is InChI=1S/C44H58F2N6O6/c1-7-23(4)42(56)50-36(9-3)44(58)52-22-31(54)18-29(52)20-35-33-13-11-27(46)16-38(33)49-41(35)40-34(32-12-10-26(45)15-37(32)48-40)19-28-17-30(53)21-51(28)43(57)25(8-2)14-39(55)24(5)47-6/h10-13,15-16,23-25,28-31,36,47-49,53-54H,7-9,14,17-22H2,1-6H3,(H,50,56)/t23-,24+,25-,28?,29+,30+,31+,36+/m1/s1/i1D3,6D3. The number of benzene rings is 2. The van der Waals surface area contributed by atoms with E-state index in [1.165, 1.54) is 43.0 Å². The minimum absolute atomic E-state index is 0.00799. The molecule has 2 fully saturated rings. The van der Waals surface area contributed by atoms with Crippen LogP contribution >= 0.6 is 0 Å². The first-order chi connectivity index (χ1) is 30.0. The fraction of sp³-hybridized carbons (Fsp3) is 0.545. The lowest BCUT2D eigenvalue weighted by Gasteiger charge is -2.30. The molecule has 2 aliphatic rings. The number of carbonyl (C=O) groups excluding carboxylic acids is 4. The first kappa shape index (κ1) is 35.3. The van der Waals surface area contributed by atoms with Gasteiger partial charge >= 0.3 is 0 Å². The van der Waals surface area contributed by atoms with Crippen molar-refractivity contribution in [2.24, 2.45) is 11.8 Å². The van der Waals surface area contributed by atoms with Crippen molar-refractivity contribution in [3.63, 3.8) is 0 Å². The molecule has 2 aliphatic heterocycles. The lowest BCUT2D eigenvalue weighted by Crippen LogP contribution is -2.51. The lowest BCUT2D eigenvalue weighted by molar-refractivity contribution is -0.139. The summed E-state index contributed by atoms with van der Waals surface area (Å²) in [4.78, 5) is 64.4. The van der Waals surface area contributed by atoms with Gasteiger partial charge in [0.25, 0.3) is 0 Å². The minimum atomic E-state index is -2.56. The average molecular weight is 811 g/mol. The van der Waals surface area contributed by atoms with Crippen LogP contribution in [0.15, 0.2) is 36.4 Å². The summed E-state index contributed by atoms with van der Waals surface area (Å²) in [7, 11) is 0. The first-order valence-electron chi connectivity index (χ1n) is 23.1. The smallest absolute Gasteiger partial charge is 0.245 e. The van der Waals surface area contributed by atoms with Crippen molar-refractivity contribution in [3.8, 4) is 11.4 Å². The highest BCUT2D eigenvalue weighted by Gasteiger charge is 2.41. The Morgan fingerprint density at radius 1 is 0.828 bits per heavy atom. The second-order valence-electron chi connectivity index (χ2n) is 16.0. The number of aliphatic hydroxyl groups excluding tert-OH is 2. The summed E-state index contributed by atoms with van der Waals surface area (Å²) in [5.41, 5.74) is 3.12. The number of nitrogens with zero attached hydrogens (tertiary/aromatic N) is 2. The van der Waals surface area contributed by atoms with Crippen LogP contribution in [0, 0.1) is 23.5 Å². The van der Waals surface area contributed by atoms with Crippen LogP contribution < -0.4 is 10.6 Å². The summed E-state index contributed by atoms with van der Waals surface area (Å²) in [6.45, 7) is 1.45. The molecule has 6 N–H and O–H groups in total. The Hall–Kier alpha value is -4.66. The number of likely N-dealkylation sites (N-methyl/N-ethyl adjacent to an activating group) is 1. The number of ketones is 1. The van der Waals surface area contributed by atoms with Crippen LogP contribution in [-0.2, 0) is 32.0 Å². The van der Waals surface area contributed by atoms with Gasteiger partial charge in [-0.2, -0.15) is 0 Å². The number of carbonyl (C=O) groups is 4. The Labute approximate surface area is 346 Å². The van der Waals surface area contributed by atoms with Crippen LogP contribution in [0.25, 0.3) is 33.2 Å². The topological polar surface area (TPSA) is 171 Å². The second-order valence-corrected chi connectivity index (χ2v) is 16.0. The third-order valence-electron chi connectivity index (χ3n) is 12.0. The van der Waals surface area contributed by atoms with E-state index in [-0.39, 0.29) is 70.4 Å². The summed E-state index contributed by atoms with van der Waals surface area (Å²) in [5, 5.41) is 28.2. The van der Waals surface area contributed by atoms with Crippen molar-refractivity contribution in [2.75, 3.05) is 20.1 Å². The van der Waals surface area contributed by atoms with E-state index in [1.54, 1.807) is 30.9 Å². The number of H-pyrrole nitrogens is 2. The highest BCUT2D eigenvalue weighted by Crippen LogP contribution is 2.40. The molecule has 6 rings (SSSR count). The predicted octanol–water partition coefficient (Wildman–Crippen LogP) is 5.14. The van der Waals surface area contributed by atoms with Gasteiger partial charge in [0.15, 0.2) is 0 Å². The molecule has 0 spiro atoms. The van der Waals surface area contributed by atoms with Crippen molar-refractivity contribution < 1.29 is 46.4 Å². The fourth-order valence-corrected chi connectivity index (χ4v) is 8.57. The number of aromatic amines is 2. The Morgan fingerprint density at radius 2 is 1.36 bits per heavy atom. The van der Waals surface area contributed by atoms with Crippen LogP contribution in [0.5, 0.6) is 0 Å². The number of β-amino-alcohol motifs (C(OH)–C–C–N with tert-alkyl or cyclic N) is 2. The number of aliphatic hydroxyl groups is 2. The van der Waals surface area contributed by atoms with Crippen molar-refractivity contribution in [1.29, 1.82) is 0 Å². The molecule has 2 aromatic carbocycles. The summed E-state index contributed by atoms with van der Waals surface area (Å²) < 4.78 is 74.9. The minimum Gasteiger partial charge on any atom is -0.391 e. The molecule has 0 radical (unpaired) electrons. The van der Waals surface area contributed by atoms with Crippen LogP contribution in [0.2, 0.25) is 0 Å². The maximum Gasteiger partial charge on any atom is 0.245 e. The summed E-state index contributed by atoms with van der Waals surface area (Å²) >= 11 is 0. The quantitative estimate of drug-likeness (QED) is 0.0911. The van der Waals surface area contributed by atoms with Gasteiger partial charge in [0, 0.05) is 73.5 Å². The lowest BCUT2D eigenvalue weighted by atomic mass is 9.93. The van der Waals surface area contributed by atoms with Gasteiger partial charge in [-0.05, 0) is 106 Å². The van der Waals surface area contributed by atoms with Crippen LogP contribution in [-0.4, -0.2) is 110 Å². The molecule has 3 amide bonds. The van der Waals surface area contributed by atoms with Crippen LogP contribution in [0.1, 0.15) is 92.4 Å². The maximum atomic E-state index is 14.9. The van der Waals surface area contributed by atoms with Gasteiger partial charge in [0.2, 0.25) is 17.7 Å². The van der Waals surface area contributed by atoms with Gasteiger partial charge in [0.1, 0.15) is 23.5 Å². The number of hydrogen-bond donors (Lipinski definition) is 6. The van der Waals surface area contributed by atoms with Crippen molar-refractivity contribution in [2.45, 2.75) is 122 Å². The van der Waals surface area contributed by atoms with Gasteiger partial charge in [0.05, 0.1) is 29.6 Å². The molecule has 2 aromatic heterocycles. The first-order valence-corrected chi connectivity index (χ1v) is 20.1. The Balaban J connectivity index is 1.35. The monoisotopic (exact) mass is 810 g/mol. The van der Waals surface area contributed by atoms with Crippen molar-refractivity contribution in [3.05, 3.63) is 59.2 Å². The molecule has 314 valence electrons.